The Labute approximate surface area is 98.2 Å². The number of aromatic nitrogens is 2. The van der Waals surface area contributed by atoms with E-state index in [1.54, 1.807) is 0 Å². The molecule has 0 fully saturated rings. The highest BCUT2D eigenvalue weighted by Crippen LogP contribution is 2.35. The molecule has 0 spiro atoms. The SMILES string of the molecule is CCc1ccc2n1Pn1c(CC)ccc1C2. The van der Waals surface area contributed by atoms with Gasteiger partial charge in [-0.25, -0.2) is 0 Å². The highest BCUT2D eigenvalue weighted by molar-refractivity contribution is 7.34. The largest absolute Gasteiger partial charge is 0.312 e. The molecule has 0 saturated carbocycles. The molecule has 84 valence electrons. The van der Waals surface area contributed by atoms with Crippen LogP contribution in [0.15, 0.2) is 24.3 Å². The molecule has 1 aliphatic rings. The van der Waals surface area contributed by atoms with E-state index in [1.165, 1.54) is 22.8 Å². The Morgan fingerprint density at radius 3 is 1.88 bits per heavy atom. The minimum atomic E-state index is 0.737. The van der Waals surface area contributed by atoms with E-state index in [4.69, 9.17) is 0 Å². The van der Waals surface area contributed by atoms with Crippen molar-refractivity contribution in [3.8, 4) is 0 Å². The fourth-order valence-corrected chi connectivity index (χ4v) is 3.91. The van der Waals surface area contributed by atoms with Crippen molar-refractivity contribution in [3.05, 3.63) is 47.0 Å². The Hall–Kier alpha value is -1.01. The average molecular weight is 232 g/mol. The molecule has 3 heterocycles. The van der Waals surface area contributed by atoms with Crippen LogP contribution in [0.3, 0.4) is 0 Å². The summed E-state index contributed by atoms with van der Waals surface area (Å²) in [7, 11) is 0.737. The third kappa shape index (κ3) is 1.36. The summed E-state index contributed by atoms with van der Waals surface area (Å²) in [5.74, 6) is 0. The smallest absolute Gasteiger partial charge is 0.0883 e. The predicted molar refractivity (Wildman–Crippen MR) is 69.5 cm³/mol. The van der Waals surface area contributed by atoms with Crippen LogP contribution in [0.25, 0.3) is 0 Å². The highest BCUT2D eigenvalue weighted by Gasteiger charge is 2.18. The maximum absolute atomic E-state index is 2.49. The molecule has 2 nitrogen and oxygen atoms in total. The summed E-state index contributed by atoms with van der Waals surface area (Å²) in [4.78, 5) is 0. The Bertz CT molecular complexity index is 476. The maximum Gasteiger partial charge on any atom is 0.0883 e. The van der Waals surface area contributed by atoms with Crippen LogP contribution in [0.1, 0.15) is 36.6 Å². The first-order valence-electron chi connectivity index (χ1n) is 5.99. The first kappa shape index (κ1) is 10.2. The van der Waals surface area contributed by atoms with E-state index < -0.39 is 0 Å². The molecule has 0 N–H and O–H groups in total. The Morgan fingerprint density at radius 1 is 0.938 bits per heavy atom. The van der Waals surface area contributed by atoms with Crippen LogP contribution in [0.2, 0.25) is 0 Å². The molecule has 2 aromatic heterocycles. The molecule has 16 heavy (non-hydrogen) atoms. The first-order chi connectivity index (χ1) is 7.83. The van der Waals surface area contributed by atoms with Gasteiger partial charge < -0.3 is 8.68 Å². The second-order valence-corrected chi connectivity index (χ2v) is 5.38. The van der Waals surface area contributed by atoms with E-state index in [9.17, 15) is 0 Å². The summed E-state index contributed by atoms with van der Waals surface area (Å²) in [5.41, 5.74) is 5.89. The van der Waals surface area contributed by atoms with Gasteiger partial charge in [0, 0.05) is 29.2 Å². The van der Waals surface area contributed by atoms with Gasteiger partial charge in [0.05, 0.1) is 8.88 Å². The summed E-state index contributed by atoms with van der Waals surface area (Å²) in [5, 5.41) is 0. The molecule has 0 aromatic carbocycles. The molecule has 0 amide bonds. The van der Waals surface area contributed by atoms with Crippen LogP contribution in [0, 0.1) is 0 Å². The fourth-order valence-electron chi connectivity index (χ4n) is 2.42. The minimum absolute atomic E-state index is 0.737. The Kier molecular flexibility index (Phi) is 2.40. The van der Waals surface area contributed by atoms with Crippen LogP contribution in [0.5, 0.6) is 0 Å². The van der Waals surface area contributed by atoms with Crippen molar-refractivity contribution in [3.63, 3.8) is 0 Å². The Balaban J connectivity index is 2.06. The van der Waals surface area contributed by atoms with Crippen molar-refractivity contribution in [2.45, 2.75) is 33.1 Å². The molecule has 0 saturated heterocycles. The third-order valence-corrected chi connectivity index (χ3v) is 4.92. The quantitative estimate of drug-likeness (QED) is 0.600. The van der Waals surface area contributed by atoms with Crippen molar-refractivity contribution >= 4 is 8.88 Å². The highest BCUT2D eigenvalue weighted by atomic mass is 31.1. The van der Waals surface area contributed by atoms with E-state index in [-0.39, 0.29) is 0 Å². The van der Waals surface area contributed by atoms with Gasteiger partial charge >= 0.3 is 0 Å². The van der Waals surface area contributed by atoms with E-state index in [0.29, 0.717) is 0 Å². The van der Waals surface area contributed by atoms with Crippen LogP contribution < -0.4 is 0 Å². The summed E-state index contributed by atoms with van der Waals surface area (Å²) < 4.78 is 4.98. The van der Waals surface area contributed by atoms with Gasteiger partial charge in [-0.15, -0.1) is 0 Å². The molecule has 0 radical (unpaired) electrons. The minimum Gasteiger partial charge on any atom is -0.312 e. The number of hydrogen-bond donors (Lipinski definition) is 0. The molecular weight excluding hydrogens is 215 g/mol. The molecule has 2 aromatic rings. The van der Waals surface area contributed by atoms with Crippen LogP contribution in [-0.4, -0.2) is 8.68 Å². The van der Waals surface area contributed by atoms with Crippen LogP contribution in [-0.2, 0) is 19.3 Å². The van der Waals surface area contributed by atoms with Crippen molar-refractivity contribution in [2.24, 2.45) is 0 Å². The zero-order chi connectivity index (χ0) is 11.1. The predicted octanol–water partition coefficient (Wildman–Crippen LogP) is 3.22. The molecule has 0 aliphatic carbocycles. The number of fused-ring (bicyclic) bond motifs is 2. The summed E-state index contributed by atoms with van der Waals surface area (Å²) in [6.45, 7) is 4.47. The van der Waals surface area contributed by atoms with E-state index in [2.05, 4.69) is 46.8 Å². The second-order valence-electron chi connectivity index (χ2n) is 4.29. The normalized spacial score (nSPS) is 13.6. The van der Waals surface area contributed by atoms with Crippen LogP contribution in [0.4, 0.5) is 0 Å². The number of nitrogens with zero attached hydrogens (tertiary/aromatic N) is 2. The van der Waals surface area contributed by atoms with Gasteiger partial charge in [0.15, 0.2) is 0 Å². The average Bonchev–Trinajstić information content (AvgIpc) is 2.88. The zero-order valence-electron chi connectivity index (χ0n) is 9.83. The maximum atomic E-state index is 2.49. The monoisotopic (exact) mass is 232 g/mol. The lowest BCUT2D eigenvalue weighted by Crippen LogP contribution is -2.11. The molecule has 3 heteroatoms. The standard InChI is InChI=1S/C13H17N2P/c1-3-10-5-7-12-9-13-8-6-11(4-2)15(13)16-14(10)12/h5-8,16H,3-4,9H2,1-2H3. The second kappa shape index (κ2) is 3.78. The summed E-state index contributed by atoms with van der Waals surface area (Å²) in [6.07, 6.45) is 3.35. The first-order valence-corrected chi connectivity index (χ1v) is 6.89. The van der Waals surface area contributed by atoms with Gasteiger partial charge in [-0.2, -0.15) is 0 Å². The van der Waals surface area contributed by atoms with Gasteiger partial charge in [0.1, 0.15) is 0 Å². The Morgan fingerprint density at radius 2 is 1.44 bits per heavy atom. The molecule has 1 aliphatic heterocycles. The molecule has 3 rings (SSSR count). The van der Waals surface area contributed by atoms with Gasteiger partial charge in [-0.1, -0.05) is 13.8 Å². The van der Waals surface area contributed by atoms with Crippen molar-refractivity contribution in [1.82, 2.24) is 8.68 Å². The zero-order valence-corrected chi connectivity index (χ0v) is 10.8. The van der Waals surface area contributed by atoms with E-state index in [1.807, 2.05) is 0 Å². The number of rotatable bonds is 2. The van der Waals surface area contributed by atoms with Crippen LogP contribution >= 0.6 is 8.88 Å². The topological polar surface area (TPSA) is 9.86 Å². The van der Waals surface area contributed by atoms with Crippen molar-refractivity contribution in [1.29, 1.82) is 0 Å². The van der Waals surface area contributed by atoms with Gasteiger partial charge in [0.2, 0.25) is 0 Å². The number of aryl methyl sites for hydroxylation is 2. The van der Waals surface area contributed by atoms with E-state index in [0.717, 1.165) is 28.1 Å². The lowest BCUT2D eigenvalue weighted by Gasteiger charge is -2.22. The summed E-state index contributed by atoms with van der Waals surface area (Å²) in [6, 6.07) is 9.13. The molecule has 0 atom stereocenters. The molecular formula is C13H17N2P. The van der Waals surface area contributed by atoms with Gasteiger partial charge in [-0.3, -0.25) is 0 Å². The third-order valence-electron chi connectivity index (χ3n) is 3.37. The van der Waals surface area contributed by atoms with E-state index >= 15 is 0 Å². The molecule has 0 unspecified atom stereocenters. The fraction of sp³-hybridized carbons (Fsp3) is 0.385. The van der Waals surface area contributed by atoms with Gasteiger partial charge in [0.25, 0.3) is 0 Å². The van der Waals surface area contributed by atoms with Crippen molar-refractivity contribution in [2.75, 3.05) is 0 Å². The lowest BCUT2D eigenvalue weighted by molar-refractivity contribution is 0.865. The summed E-state index contributed by atoms with van der Waals surface area (Å²) >= 11 is 0. The van der Waals surface area contributed by atoms with Crippen molar-refractivity contribution < 1.29 is 0 Å². The number of hydrogen-bond acceptors (Lipinski definition) is 0. The lowest BCUT2D eigenvalue weighted by atomic mass is 10.2. The van der Waals surface area contributed by atoms with Gasteiger partial charge in [-0.05, 0) is 37.1 Å². The molecule has 0 bridgehead atoms.